The molecule has 1 aromatic carbocycles. The van der Waals surface area contributed by atoms with Crippen molar-refractivity contribution in [2.75, 3.05) is 18.0 Å². The van der Waals surface area contributed by atoms with Gasteiger partial charge in [0.2, 0.25) is 0 Å². The van der Waals surface area contributed by atoms with Crippen molar-refractivity contribution in [2.24, 2.45) is 0 Å². The molecule has 1 N–H and O–H groups in total. The number of aromatic nitrogens is 3. The van der Waals surface area contributed by atoms with Crippen molar-refractivity contribution < 1.29 is 23.0 Å². The van der Waals surface area contributed by atoms with Gasteiger partial charge in [-0.05, 0) is 43.5 Å². The monoisotopic (exact) mass is 430 g/mol. The largest absolute Gasteiger partial charge is 0.573 e. The van der Waals surface area contributed by atoms with Gasteiger partial charge in [-0.3, -0.25) is 4.98 Å². The first kappa shape index (κ1) is 21.0. The zero-order valence-corrected chi connectivity index (χ0v) is 16.8. The van der Waals surface area contributed by atoms with Gasteiger partial charge in [0.05, 0.1) is 11.8 Å². The first-order valence-electron chi connectivity index (χ1n) is 9.87. The van der Waals surface area contributed by atoms with E-state index in [1.54, 1.807) is 24.5 Å². The van der Waals surface area contributed by atoms with Crippen LogP contribution in [0.15, 0.2) is 48.8 Å². The van der Waals surface area contributed by atoms with E-state index in [1.807, 2.05) is 19.1 Å². The van der Waals surface area contributed by atoms with Crippen molar-refractivity contribution in [3.05, 3.63) is 54.6 Å². The summed E-state index contributed by atoms with van der Waals surface area (Å²) in [6.07, 6.45) is -0.266. The lowest BCUT2D eigenvalue weighted by molar-refractivity contribution is -0.274. The van der Waals surface area contributed by atoms with Gasteiger partial charge in [-0.1, -0.05) is 12.1 Å². The van der Waals surface area contributed by atoms with Crippen LogP contribution in [0.25, 0.3) is 22.4 Å². The van der Waals surface area contributed by atoms with Crippen LogP contribution in [0.1, 0.15) is 18.7 Å². The molecule has 0 bridgehead atoms. The molecule has 162 valence electrons. The molecule has 3 aromatic rings. The van der Waals surface area contributed by atoms with Crippen molar-refractivity contribution in [1.29, 1.82) is 0 Å². The molecule has 9 heteroatoms. The highest BCUT2D eigenvalue weighted by molar-refractivity contribution is 5.71. The van der Waals surface area contributed by atoms with Gasteiger partial charge in [0, 0.05) is 42.7 Å². The number of rotatable bonds is 4. The highest BCUT2D eigenvalue weighted by atomic mass is 19.4. The minimum absolute atomic E-state index is 0.271. The lowest BCUT2D eigenvalue weighted by Gasteiger charge is -2.30. The maximum atomic E-state index is 12.4. The molecule has 0 spiro atoms. The average molecular weight is 430 g/mol. The molecular weight excluding hydrogens is 409 g/mol. The maximum Gasteiger partial charge on any atom is 0.573 e. The van der Waals surface area contributed by atoms with E-state index in [4.69, 9.17) is 0 Å². The molecule has 1 aliphatic rings. The molecule has 1 saturated heterocycles. The zero-order valence-electron chi connectivity index (χ0n) is 16.8. The maximum absolute atomic E-state index is 12.4. The first-order valence-corrected chi connectivity index (χ1v) is 9.87. The number of piperidine rings is 1. The summed E-state index contributed by atoms with van der Waals surface area (Å²) >= 11 is 0. The second-order valence-electron chi connectivity index (χ2n) is 7.41. The van der Waals surface area contributed by atoms with Crippen molar-refractivity contribution in [3.8, 4) is 28.1 Å². The van der Waals surface area contributed by atoms with E-state index < -0.39 is 6.36 Å². The van der Waals surface area contributed by atoms with Crippen molar-refractivity contribution in [2.45, 2.75) is 32.2 Å². The van der Waals surface area contributed by atoms with Crippen LogP contribution in [0, 0.1) is 6.92 Å². The summed E-state index contributed by atoms with van der Waals surface area (Å²) in [5.41, 5.74) is 2.94. The van der Waals surface area contributed by atoms with E-state index in [0.29, 0.717) is 29.9 Å². The van der Waals surface area contributed by atoms with Gasteiger partial charge in [0.1, 0.15) is 17.4 Å². The van der Waals surface area contributed by atoms with E-state index in [1.165, 1.54) is 12.1 Å². The highest BCUT2D eigenvalue weighted by Gasteiger charge is 2.31. The van der Waals surface area contributed by atoms with Crippen molar-refractivity contribution >= 4 is 5.82 Å². The topological polar surface area (TPSA) is 71.4 Å². The number of benzene rings is 1. The molecule has 0 saturated carbocycles. The van der Waals surface area contributed by atoms with Gasteiger partial charge < -0.3 is 14.7 Å². The molecule has 0 amide bonds. The molecule has 2 aromatic heterocycles. The molecule has 31 heavy (non-hydrogen) atoms. The second-order valence-corrected chi connectivity index (χ2v) is 7.41. The van der Waals surface area contributed by atoms with E-state index in [9.17, 15) is 18.3 Å². The number of aliphatic hydroxyl groups is 1. The molecule has 0 atom stereocenters. The van der Waals surface area contributed by atoms with Crippen LogP contribution in [0.3, 0.4) is 0 Å². The number of pyridine rings is 1. The Morgan fingerprint density at radius 1 is 0.968 bits per heavy atom. The zero-order chi connectivity index (χ0) is 22.0. The quantitative estimate of drug-likeness (QED) is 0.663. The van der Waals surface area contributed by atoms with Crippen LogP contribution in [0.5, 0.6) is 5.75 Å². The Hall–Kier alpha value is -3.20. The molecule has 1 aliphatic heterocycles. The van der Waals surface area contributed by atoms with E-state index in [-0.39, 0.29) is 11.9 Å². The lowest BCUT2D eigenvalue weighted by atomic mass is 10.0. The lowest BCUT2D eigenvalue weighted by Crippen LogP contribution is -2.36. The van der Waals surface area contributed by atoms with Gasteiger partial charge in [-0.2, -0.15) is 0 Å². The molecule has 0 radical (unpaired) electrons. The number of hydrogen-bond acceptors (Lipinski definition) is 6. The molecule has 6 nitrogen and oxygen atoms in total. The number of aliphatic hydroxyl groups excluding tert-OH is 1. The average Bonchev–Trinajstić information content (AvgIpc) is 2.73. The summed E-state index contributed by atoms with van der Waals surface area (Å²) in [7, 11) is 0. The predicted molar refractivity (Wildman–Crippen MR) is 110 cm³/mol. The summed E-state index contributed by atoms with van der Waals surface area (Å²) in [6.45, 7) is 3.27. The molecule has 4 rings (SSSR count). The normalized spacial score (nSPS) is 15.2. The van der Waals surface area contributed by atoms with E-state index in [2.05, 4.69) is 24.6 Å². The SMILES string of the molecule is Cc1nc(-c2cncc(-c3ccc(OC(F)(F)F)cc3)c2)cc(N2CCC(O)CC2)n1. The smallest absolute Gasteiger partial charge is 0.406 e. The van der Waals surface area contributed by atoms with Gasteiger partial charge in [0.15, 0.2) is 0 Å². The van der Waals surface area contributed by atoms with Gasteiger partial charge >= 0.3 is 6.36 Å². The number of anilines is 1. The fraction of sp³-hybridized carbons (Fsp3) is 0.318. The Labute approximate surface area is 177 Å². The summed E-state index contributed by atoms with van der Waals surface area (Å²) in [6, 6.07) is 9.43. The van der Waals surface area contributed by atoms with Crippen LogP contribution in [0.4, 0.5) is 19.0 Å². The summed E-state index contributed by atoms with van der Waals surface area (Å²) in [5, 5.41) is 9.74. The van der Waals surface area contributed by atoms with Gasteiger partial charge in [-0.15, -0.1) is 13.2 Å². The standard InChI is InChI=1S/C22H21F3N4O2/c1-14-27-20(11-21(28-14)29-8-6-18(30)7-9-29)17-10-16(12-26-13-17)15-2-4-19(5-3-15)31-22(23,24)25/h2-5,10-13,18,30H,6-9H2,1H3. The molecule has 0 aliphatic carbocycles. The Balaban J connectivity index is 1.60. The third-order valence-electron chi connectivity index (χ3n) is 5.07. The third-order valence-corrected chi connectivity index (χ3v) is 5.07. The Bertz CT molecular complexity index is 1050. The van der Waals surface area contributed by atoms with Crippen LogP contribution >= 0.6 is 0 Å². The number of halogens is 3. The molecule has 0 unspecified atom stereocenters. The summed E-state index contributed by atoms with van der Waals surface area (Å²) < 4.78 is 41.0. The van der Waals surface area contributed by atoms with Gasteiger partial charge in [-0.25, -0.2) is 9.97 Å². The number of ether oxygens (including phenoxy) is 1. The number of nitrogens with zero attached hydrogens (tertiary/aromatic N) is 4. The fourth-order valence-corrected chi connectivity index (χ4v) is 3.54. The Morgan fingerprint density at radius 3 is 2.32 bits per heavy atom. The number of hydrogen-bond donors (Lipinski definition) is 1. The second kappa shape index (κ2) is 8.50. The van der Waals surface area contributed by atoms with Gasteiger partial charge in [0.25, 0.3) is 0 Å². The fourth-order valence-electron chi connectivity index (χ4n) is 3.54. The first-order chi connectivity index (χ1) is 14.8. The number of alkyl halides is 3. The minimum atomic E-state index is -4.72. The van der Waals surface area contributed by atoms with E-state index >= 15 is 0 Å². The summed E-state index contributed by atoms with van der Waals surface area (Å²) in [5.74, 6) is 1.15. The highest BCUT2D eigenvalue weighted by Crippen LogP contribution is 2.29. The Kier molecular flexibility index (Phi) is 5.77. The van der Waals surface area contributed by atoms with Crippen LogP contribution in [-0.4, -0.2) is 45.6 Å². The van der Waals surface area contributed by atoms with Crippen LogP contribution in [-0.2, 0) is 0 Å². The summed E-state index contributed by atoms with van der Waals surface area (Å²) in [4.78, 5) is 15.5. The van der Waals surface area contributed by atoms with Crippen LogP contribution in [0.2, 0.25) is 0 Å². The van der Waals surface area contributed by atoms with Crippen molar-refractivity contribution in [1.82, 2.24) is 15.0 Å². The van der Waals surface area contributed by atoms with Crippen LogP contribution < -0.4 is 9.64 Å². The molecular formula is C22H21F3N4O2. The predicted octanol–water partition coefficient (Wildman–Crippen LogP) is 4.37. The molecule has 1 fully saturated rings. The molecule has 3 heterocycles. The Morgan fingerprint density at radius 2 is 1.65 bits per heavy atom. The third kappa shape index (κ3) is 5.29. The van der Waals surface area contributed by atoms with E-state index in [0.717, 1.165) is 30.0 Å². The minimum Gasteiger partial charge on any atom is -0.406 e. The van der Waals surface area contributed by atoms with Crippen molar-refractivity contribution in [3.63, 3.8) is 0 Å². The number of aryl methyl sites for hydroxylation is 1.